The molecule has 0 saturated carbocycles. The van der Waals surface area contributed by atoms with Gasteiger partial charge in [-0.1, -0.05) is 94.9 Å². The first-order valence-corrected chi connectivity index (χ1v) is 46.0. The van der Waals surface area contributed by atoms with Crippen molar-refractivity contribution in [3.05, 3.63) is 269 Å². The first kappa shape index (κ1) is 92.3. The normalized spacial score (nSPS) is 15.5. The molecule has 0 radical (unpaired) electrons. The van der Waals surface area contributed by atoms with E-state index < -0.39 is 41.0 Å². The summed E-state index contributed by atoms with van der Waals surface area (Å²) in [6, 6.07) is 30.4. The van der Waals surface area contributed by atoms with E-state index in [4.69, 9.17) is 85.3 Å². The molecule has 1 unspecified atom stereocenters. The number of nitrogens with one attached hydrogen (secondary N) is 2. The molecule has 4 aliphatic heterocycles. The number of hydrogen-bond donors (Lipinski definition) is 2. The van der Waals surface area contributed by atoms with Crippen molar-refractivity contribution in [2.75, 3.05) is 13.7 Å². The lowest BCUT2D eigenvalue weighted by atomic mass is 9.99. The van der Waals surface area contributed by atoms with Crippen molar-refractivity contribution in [2.45, 2.75) is 204 Å². The number of fused-ring (bicyclic) bond motifs is 12. The fourth-order valence-corrected chi connectivity index (χ4v) is 20.0. The highest BCUT2D eigenvalue weighted by Crippen LogP contribution is 2.45. The maximum absolute atomic E-state index is 12.9. The second-order valence-corrected chi connectivity index (χ2v) is 40.1. The Balaban J connectivity index is 0.000000137. The summed E-state index contributed by atoms with van der Waals surface area (Å²) in [4.78, 5) is 81.9. The van der Waals surface area contributed by atoms with Crippen LogP contribution in [0.4, 0.5) is 0 Å². The zero-order valence-corrected chi connectivity index (χ0v) is 80.1. The molecule has 660 valence electrons. The van der Waals surface area contributed by atoms with E-state index in [0.717, 1.165) is 127 Å². The van der Waals surface area contributed by atoms with Crippen molar-refractivity contribution < 1.29 is 38.1 Å². The number of carbonyl (C=O) groups excluding carboxylic acids is 4. The van der Waals surface area contributed by atoms with E-state index in [0.29, 0.717) is 62.2 Å². The summed E-state index contributed by atoms with van der Waals surface area (Å²) < 4.78 is 30.2. The number of nitrogens with zero attached hydrogens (tertiary/aromatic N) is 17. The van der Waals surface area contributed by atoms with Crippen LogP contribution in [-0.2, 0) is 51.2 Å². The fraction of sp³-hybridized carbons (Fsp3) is 0.359. The monoisotopic (exact) mass is 1860 g/mol. The number of aliphatic imine (C=N–C) groups is 4. The Morgan fingerprint density at radius 3 is 1.11 bits per heavy atom. The summed E-state index contributed by atoms with van der Waals surface area (Å²) in [7, 11) is 1.62. The van der Waals surface area contributed by atoms with Crippen LogP contribution in [0.25, 0.3) is 20.0 Å². The number of hydrogen-bond acceptors (Lipinski definition) is 25. The number of aromatic amines is 1. The smallest absolute Gasteiger partial charge is 0.308 e. The van der Waals surface area contributed by atoms with Gasteiger partial charge in [0.05, 0.1) is 54.9 Å². The van der Waals surface area contributed by atoms with Gasteiger partial charge in [0.2, 0.25) is 5.91 Å². The average molecular weight is 1870 g/mol. The summed E-state index contributed by atoms with van der Waals surface area (Å²) in [6.07, 6.45) is 4.46. The molecule has 4 aromatic carbocycles. The van der Waals surface area contributed by atoms with Gasteiger partial charge in [0, 0.05) is 111 Å². The molecule has 127 heavy (non-hydrogen) atoms. The number of thiophene rings is 4. The highest BCUT2D eigenvalue weighted by Gasteiger charge is 2.39. The van der Waals surface area contributed by atoms with Gasteiger partial charge in [0.1, 0.15) is 85.1 Å². The minimum atomic E-state index is -0.592. The molecule has 4 atom stereocenters. The van der Waals surface area contributed by atoms with E-state index in [1.807, 2.05) is 205 Å². The number of benzene rings is 4. The molecule has 0 saturated heterocycles. The first-order valence-electron chi connectivity index (χ1n) is 41.1. The molecule has 4 aliphatic rings. The molecule has 13 aromatic rings. The zero-order valence-electron chi connectivity index (χ0n) is 73.8. The predicted molar refractivity (Wildman–Crippen MR) is 501 cm³/mol. The second kappa shape index (κ2) is 38.2. The molecule has 9 aromatic heterocycles. The standard InChI is InChI=1S/C24H24ClN7OS.C24H27ClN4O3S.C23H25ClN4O2S.C21H21ClN4O2S/c1-13-14(2)34-24-21(13)22(16-4-6-17(25)7-5-16)29-19(23-31-30-15(3)32(23)24)10-20(33)27-9-8-18-11-26-12-28-18;1-13-14(2)33-23-20(13)21(15-7-9-16(25)10-8-15)26-17(11-19(30)32-24(3,4)5)22-28-27-18(12-31-6)29(22)23;1-12-13(2)31-22-19(12)20(15-7-9-16(24)10-8-15)25-17(11-18(29)30-23(4,5)6)21-27-26-14(3)28(21)22;1-12-24-25-19-16(11-17(27)28-21(2,3)4)23-18(13-5-7-14(22)8-6-13)15-9-10-29-20(15)26(12)19/h4-7,11-12,19H,8-10H2,1-3H3,(H,26,28)(H,27,33);7-10,17H,11-12H2,1-6H3;7-10,17H,11H2,1-6H3;5-10,16H,11H2,1-4H3/t19-;17-;;16-/m00.0/s1. The highest BCUT2D eigenvalue weighted by molar-refractivity contribution is 7.16. The number of aromatic nitrogens is 14. The minimum absolute atomic E-state index is 0.0481. The lowest BCUT2D eigenvalue weighted by Crippen LogP contribution is -2.27. The van der Waals surface area contributed by atoms with Crippen molar-refractivity contribution in [3.63, 3.8) is 0 Å². The van der Waals surface area contributed by atoms with Crippen molar-refractivity contribution in [1.82, 2.24) is 74.3 Å². The first-order chi connectivity index (χ1) is 60.3. The molecule has 13 heterocycles. The molecule has 1 amide bonds. The molecule has 27 nitrogen and oxygen atoms in total. The Labute approximate surface area is 772 Å². The van der Waals surface area contributed by atoms with Crippen LogP contribution in [0.5, 0.6) is 0 Å². The SMILES string of the molecule is COCc1nnc2n1-c1sc(C)c(C)c1C(c1ccc(Cl)cc1)=N[C@H]2CC(=O)OC(C)(C)C.Cc1nnc2n1-c1sccc1C(c1ccc(Cl)cc1)=N[C@H]2CC(=O)OC(C)(C)C.Cc1sc2c(c1C)C(c1ccc(Cl)cc1)=NC(CC(=O)OC(C)(C)C)c1nnc(C)n1-2.Cc1sc2c(c1C)C(c1ccc(Cl)cc1)=N[C@@H](CC(=O)NCCc1cnc[nH]1)c1nnc(C)n1-2. The van der Waals surface area contributed by atoms with Crippen molar-refractivity contribution >= 4 is 138 Å². The van der Waals surface area contributed by atoms with Crippen LogP contribution in [-0.4, -0.2) is 146 Å². The topological polar surface area (TPSA) is 318 Å². The van der Waals surface area contributed by atoms with Crippen LogP contribution >= 0.6 is 91.8 Å². The Bertz CT molecular complexity index is 6400. The molecule has 0 spiro atoms. The Morgan fingerprint density at radius 2 is 0.756 bits per heavy atom. The minimum Gasteiger partial charge on any atom is -0.460 e. The van der Waals surface area contributed by atoms with E-state index in [2.05, 4.69) is 102 Å². The maximum atomic E-state index is 12.9. The number of H-pyrrole nitrogens is 1. The number of aryl methyl sites for hydroxylation is 6. The van der Waals surface area contributed by atoms with Gasteiger partial charge in [-0.15, -0.1) is 86.1 Å². The summed E-state index contributed by atoms with van der Waals surface area (Å²) >= 11 is 31.1. The van der Waals surface area contributed by atoms with E-state index >= 15 is 0 Å². The third-order valence-corrected chi connectivity index (χ3v) is 26.4. The number of rotatable bonds is 17. The molecule has 0 bridgehead atoms. The van der Waals surface area contributed by atoms with Crippen LogP contribution < -0.4 is 5.32 Å². The number of halogens is 4. The Morgan fingerprint density at radius 1 is 0.425 bits per heavy atom. The van der Waals surface area contributed by atoms with Gasteiger partial charge in [-0.3, -0.25) is 57.4 Å². The highest BCUT2D eigenvalue weighted by atomic mass is 35.5. The number of amides is 1. The molecule has 17 rings (SSSR count). The Kier molecular flexibility index (Phi) is 27.8. The average Bonchev–Trinajstić information content (AvgIpc) is 1.63. The van der Waals surface area contributed by atoms with Crippen molar-refractivity contribution in [1.29, 1.82) is 0 Å². The van der Waals surface area contributed by atoms with Crippen LogP contribution in [0, 0.1) is 62.3 Å². The summed E-state index contributed by atoms with van der Waals surface area (Å²) in [5.74, 6) is 4.45. The zero-order chi connectivity index (χ0) is 91.0. The quantitative estimate of drug-likeness (QED) is 0.0632. The van der Waals surface area contributed by atoms with Gasteiger partial charge in [0.15, 0.2) is 29.1 Å². The number of esters is 3. The van der Waals surface area contributed by atoms with Crippen LogP contribution in [0.2, 0.25) is 20.1 Å². The van der Waals surface area contributed by atoms with E-state index in [1.165, 1.54) is 14.6 Å². The van der Waals surface area contributed by atoms with E-state index in [9.17, 15) is 19.2 Å². The Hall–Kier alpha value is -10.9. The number of methoxy groups -OCH3 is 1. The molecule has 2 N–H and O–H groups in total. The van der Waals surface area contributed by atoms with Gasteiger partial charge >= 0.3 is 17.9 Å². The van der Waals surface area contributed by atoms with Gasteiger partial charge in [-0.25, -0.2) is 4.98 Å². The lowest BCUT2D eigenvalue weighted by Gasteiger charge is -2.21. The summed E-state index contributed by atoms with van der Waals surface area (Å²) in [6.45, 7) is 35.8. The fourth-order valence-electron chi connectivity index (χ4n) is 14.9. The van der Waals surface area contributed by atoms with Gasteiger partial charge in [-0.05, 0) is 201 Å². The van der Waals surface area contributed by atoms with Crippen LogP contribution in [0.3, 0.4) is 0 Å². The van der Waals surface area contributed by atoms with Crippen LogP contribution in [0.1, 0.15) is 240 Å². The lowest BCUT2D eigenvalue weighted by molar-refractivity contribution is -0.156. The third kappa shape index (κ3) is 20.8. The van der Waals surface area contributed by atoms with Crippen LogP contribution in [0.15, 0.2) is 141 Å². The third-order valence-electron chi connectivity index (χ3n) is 20.9. The number of imidazole rings is 1. The molecule has 0 fully saturated rings. The molecule has 0 aliphatic carbocycles. The predicted octanol–water partition coefficient (Wildman–Crippen LogP) is 20.1. The second-order valence-electron chi connectivity index (χ2n) is 33.8. The molecular formula is C92H97Cl4N19O8S4. The van der Waals surface area contributed by atoms with Crippen molar-refractivity contribution in [2.24, 2.45) is 20.0 Å². The largest absolute Gasteiger partial charge is 0.460 e. The maximum Gasteiger partial charge on any atom is 0.308 e. The molecule has 35 heteroatoms. The van der Waals surface area contributed by atoms with E-state index in [1.54, 1.807) is 65.0 Å². The van der Waals surface area contributed by atoms with Gasteiger partial charge in [0.25, 0.3) is 0 Å². The number of ether oxygens (including phenoxy) is 4. The summed E-state index contributed by atoms with van der Waals surface area (Å²) in [5, 5.41) is 46.6. The van der Waals surface area contributed by atoms with Gasteiger partial charge in [-0.2, -0.15) is 0 Å². The molecular weight excluding hydrogens is 1770 g/mol. The van der Waals surface area contributed by atoms with E-state index in [-0.39, 0.29) is 56.1 Å². The van der Waals surface area contributed by atoms with Gasteiger partial charge < -0.3 is 29.2 Å². The number of carbonyl (C=O) groups is 4. The summed E-state index contributed by atoms with van der Waals surface area (Å²) in [5.41, 5.74) is 13.8. The van der Waals surface area contributed by atoms with Crippen molar-refractivity contribution in [3.8, 4) is 20.0 Å².